The molecule has 0 saturated carbocycles. The van der Waals surface area contributed by atoms with Crippen LogP contribution >= 0.6 is 0 Å². The van der Waals surface area contributed by atoms with Crippen LogP contribution in [0.4, 0.5) is 0 Å². The van der Waals surface area contributed by atoms with Gasteiger partial charge in [0.25, 0.3) is 0 Å². The van der Waals surface area contributed by atoms with Gasteiger partial charge in [-0.1, -0.05) is 83.1 Å². The minimum absolute atomic E-state index is 0.359. The molecule has 1 atom stereocenters. The molecule has 2 aromatic carbocycles. The van der Waals surface area contributed by atoms with Gasteiger partial charge in [-0.25, -0.2) is 0 Å². The zero-order valence-electron chi connectivity index (χ0n) is 26.6. The highest BCUT2D eigenvalue weighted by Crippen LogP contribution is 2.47. The number of aliphatic hydroxyl groups is 1. The summed E-state index contributed by atoms with van der Waals surface area (Å²) in [5.41, 5.74) is 7.23. The van der Waals surface area contributed by atoms with E-state index in [1.807, 2.05) is 24.3 Å². The van der Waals surface area contributed by atoms with Crippen LogP contribution in [0.25, 0.3) is 0 Å². The van der Waals surface area contributed by atoms with Gasteiger partial charge in [-0.15, -0.1) is 0 Å². The minimum Gasteiger partial charge on any atom is -0.496 e. The first-order valence-corrected chi connectivity index (χ1v) is 13.6. The fourth-order valence-electron chi connectivity index (χ4n) is 5.07. The van der Waals surface area contributed by atoms with Gasteiger partial charge in [-0.2, -0.15) is 0 Å². The van der Waals surface area contributed by atoms with Gasteiger partial charge in [0.15, 0.2) is 0 Å². The van der Waals surface area contributed by atoms with Gasteiger partial charge < -0.3 is 25.4 Å². The molecule has 0 heterocycles. The zero-order valence-corrected chi connectivity index (χ0v) is 26.6. The molecule has 0 bridgehead atoms. The van der Waals surface area contributed by atoms with E-state index < -0.39 is 17.6 Å². The maximum absolute atomic E-state index is 12.7. The second-order valence-corrected chi connectivity index (χ2v) is 14.8. The SMILES string of the molecule is COc1c(C(C)(C)C)cc(C(O)(c2cc(C(C)(C)C)c(OC)c(C(C)(C)C)c2)[C@@H](N)C(=O)O)cc1C(C)(C)C. The van der Waals surface area contributed by atoms with E-state index in [-0.39, 0.29) is 21.7 Å². The monoisotopic (exact) mass is 541 g/mol. The van der Waals surface area contributed by atoms with Crippen LogP contribution in [0.1, 0.15) is 116 Å². The molecule has 0 amide bonds. The Bertz CT molecular complexity index is 1060. The Hall–Kier alpha value is -2.57. The zero-order chi connectivity index (χ0) is 30.5. The van der Waals surface area contributed by atoms with Gasteiger partial charge in [-0.05, 0) is 57.1 Å². The Morgan fingerprint density at radius 1 is 0.641 bits per heavy atom. The van der Waals surface area contributed by atoms with Gasteiger partial charge in [0, 0.05) is 22.3 Å². The maximum Gasteiger partial charge on any atom is 0.324 e. The Balaban J connectivity index is 3.24. The second kappa shape index (κ2) is 10.4. The second-order valence-electron chi connectivity index (χ2n) is 14.8. The highest BCUT2D eigenvalue weighted by Gasteiger charge is 2.46. The number of carboxylic acid groups (broad SMARTS) is 1. The van der Waals surface area contributed by atoms with E-state index in [1.54, 1.807) is 14.2 Å². The summed E-state index contributed by atoms with van der Waals surface area (Å²) >= 11 is 0. The summed E-state index contributed by atoms with van der Waals surface area (Å²) < 4.78 is 11.8. The number of carboxylic acids is 1. The minimum atomic E-state index is -2.05. The van der Waals surface area contributed by atoms with Crippen molar-refractivity contribution in [3.05, 3.63) is 57.6 Å². The molecular weight excluding hydrogens is 490 g/mol. The number of benzene rings is 2. The van der Waals surface area contributed by atoms with Crippen LogP contribution in [-0.4, -0.2) is 36.4 Å². The molecule has 4 N–H and O–H groups in total. The van der Waals surface area contributed by atoms with Gasteiger partial charge >= 0.3 is 5.97 Å². The molecule has 0 fully saturated rings. The quantitative estimate of drug-likeness (QED) is 0.384. The average Bonchev–Trinajstić information content (AvgIpc) is 2.78. The van der Waals surface area contributed by atoms with E-state index in [1.165, 1.54) is 0 Å². The molecule has 0 saturated heterocycles. The van der Waals surface area contributed by atoms with Crippen molar-refractivity contribution in [3.8, 4) is 11.5 Å². The molecule has 39 heavy (non-hydrogen) atoms. The van der Waals surface area contributed by atoms with Crippen molar-refractivity contribution in [1.82, 2.24) is 0 Å². The van der Waals surface area contributed by atoms with Gasteiger partial charge in [-0.3, -0.25) is 4.79 Å². The third-order valence-corrected chi connectivity index (χ3v) is 7.41. The summed E-state index contributed by atoms with van der Waals surface area (Å²) in [6, 6.07) is 5.78. The molecular formula is C33H51NO5. The topological polar surface area (TPSA) is 102 Å². The lowest BCUT2D eigenvalue weighted by atomic mass is 9.71. The molecule has 2 rings (SSSR count). The number of aliphatic carboxylic acids is 1. The van der Waals surface area contributed by atoms with E-state index in [9.17, 15) is 15.0 Å². The third-order valence-electron chi connectivity index (χ3n) is 7.41. The van der Waals surface area contributed by atoms with E-state index in [4.69, 9.17) is 15.2 Å². The van der Waals surface area contributed by atoms with Gasteiger partial charge in [0.1, 0.15) is 23.1 Å². The van der Waals surface area contributed by atoms with Crippen LogP contribution in [0, 0.1) is 0 Å². The lowest BCUT2D eigenvalue weighted by Crippen LogP contribution is -2.52. The molecule has 6 heteroatoms. The number of hydrogen-bond donors (Lipinski definition) is 3. The van der Waals surface area contributed by atoms with Crippen LogP contribution in [0.2, 0.25) is 0 Å². The Kier molecular flexibility index (Phi) is 8.74. The predicted molar refractivity (Wildman–Crippen MR) is 159 cm³/mol. The predicted octanol–water partition coefficient (Wildman–Crippen LogP) is 6.54. The lowest BCUT2D eigenvalue weighted by Gasteiger charge is -2.38. The Morgan fingerprint density at radius 2 is 0.872 bits per heavy atom. The number of nitrogens with two attached hydrogens (primary N) is 1. The highest BCUT2D eigenvalue weighted by molar-refractivity contribution is 5.77. The number of hydrogen-bond acceptors (Lipinski definition) is 5. The van der Waals surface area contributed by atoms with Crippen molar-refractivity contribution >= 4 is 5.97 Å². The summed E-state index contributed by atoms with van der Waals surface area (Å²) in [7, 11) is 3.28. The van der Waals surface area contributed by atoms with Crippen molar-refractivity contribution in [1.29, 1.82) is 0 Å². The molecule has 6 nitrogen and oxygen atoms in total. The number of carbonyl (C=O) groups is 1. The molecule has 2 aromatic rings. The van der Waals surface area contributed by atoms with E-state index in [0.29, 0.717) is 11.1 Å². The summed E-state index contributed by atoms with van der Waals surface area (Å²) in [4.78, 5) is 12.5. The van der Waals surface area contributed by atoms with Gasteiger partial charge in [0.2, 0.25) is 0 Å². The smallest absolute Gasteiger partial charge is 0.324 e. The van der Waals surface area contributed by atoms with E-state index >= 15 is 0 Å². The van der Waals surface area contributed by atoms with Crippen LogP contribution in [0.15, 0.2) is 24.3 Å². The highest BCUT2D eigenvalue weighted by atomic mass is 16.5. The first kappa shape index (κ1) is 32.6. The van der Waals surface area contributed by atoms with Crippen LogP contribution in [0.3, 0.4) is 0 Å². The van der Waals surface area contributed by atoms with Crippen LogP contribution in [-0.2, 0) is 32.1 Å². The molecule has 0 radical (unpaired) electrons. The summed E-state index contributed by atoms with van der Waals surface area (Å²) in [5, 5.41) is 22.9. The normalized spacial score (nSPS) is 14.3. The molecule has 218 valence electrons. The Morgan fingerprint density at radius 3 is 1.03 bits per heavy atom. The molecule has 0 aliphatic heterocycles. The molecule has 0 spiro atoms. The van der Waals surface area contributed by atoms with Crippen molar-refractivity contribution in [2.75, 3.05) is 14.2 Å². The third kappa shape index (κ3) is 6.28. The van der Waals surface area contributed by atoms with Crippen molar-refractivity contribution < 1.29 is 24.5 Å². The molecule has 0 aliphatic rings. The maximum atomic E-state index is 12.7. The number of rotatable bonds is 6. The molecule has 0 unspecified atom stereocenters. The first-order valence-electron chi connectivity index (χ1n) is 13.6. The van der Waals surface area contributed by atoms with Crippen molar-refractivity contribution in [3.63, 3.8) is 0 Å². The van der Waals surface area contributed by atoms with Crippen molar-refractivity contribution in [2.24, 2.45) is 5.73 Å². The average molecular weight is 542 g/mol. The van der Waals surface area contributed by atoms with E-state index in [2.05, 4.69) is 83.1 Å². The summed E-state index contributed by atoms with van der Waals surface area (Å²) in [5.74, 6) is 0.157. The fourth-order valence-corrected chi connectivity index (χ4v) is 5.07. The van der Waals surface area contributed by atoms with Crippen LogP contribution in [0.5, 0.6) is 11.5 Å². The lowest BCUT2D eigenvalue weighted by molar-refractivity contribution is -0.144. The van der Waals surface area contributed by atoms with Crippen molar-refractivity contribution in [2.45, 2.75) is 116 Å². The number of ether oxygens (including phenoxy) is 2. The summed E-state index contributed by atoms with van der Waals surface area (Å²) in [6.45, 7) is 24.8. The first-order chi connectivity index (χ1) is 17.4. The molecule has 0 aromatic heterocycles. The Labute approximate surface area is 235 Å². The number of methoxy groups -OCH3 is 2. The largest absolute Gasteiger partial charge is 0.496 e. The van der Waals surface area contributed by atoms with E-state index in [0.717, 1.165) is 33.8 Å². The molecule has 0 aliphatic carbocycles. The summed E-state index contributed by atoms with van der Waals surface area (Å²) in [6.07, 6.45) is 0. The van der Waals surface area contributed by atoms with Crippen LogP contribution < -0.4 is 15.2 Å². The van der Waals surface area contributed by atoms with Gasteiger partial charge in [0.05, 0.1) is 14.2 Å². The fraction of sp³-hybridized carbons (Fsp3) is 0.606. The standard InChI is InChI=1S/C33H51NO5/c1-29(2,3)21-15-19(16-22(25(21)38-13)30(4,5)6)33(37,27(34)28(35)36)20-17-23(31(7,8)9)26(39-14)24(18-20)32(10,11)12/h15-18,27,37H,34H2,1-14H3,(H,35,36)/t27-/m0/s1.